The molecule has 0 bridgehead atoms. The molecule has 0 radical (unpaired) electrons. The van der Waals surface area contributed by atoms with Crippen LogP contribution in [0.25, 0.3) is 22.2 Å². The Hall–Kier alpha value is -2.70. The Morgan fingerprint density at radius 2 is 2.25 bits per heavy atom. The standard InChI is InChI=1S/C13H13N5O2/c1-8-12-10(9-5-15-17(2)6-9)3-4-14-13(12)18(16-8)7-11(19)20/h3-6H,7H2,1-2H3,(H,19,20). The lowest BCUT2D eigenvalue weighted by Gasteiger charge is -2.01. The van der Waals surface area contributed by atoms with Crippen LogP contribution in [0.5, 0.6) is 0 Å². The molecule has 0 saturated carbocycles. The van der Waals surface area contributed by atoms with Crippen LogP contribution in [0.1, 0.15) is 5.69 Å². The largest absolute Gasteiger partial charge is 0.480 e. The minimum Gasteiger partial charge on any atom is -0.480 e. The summed E-state index contributed by atoms with van der Waals surface area (Å²) in [6.07, 6.45) is 5.33. The average Bonchev–Trinajstić information content (AvgIpc) is 2.94. The van der Waals surface area contributed by atoms with Crippen LogP contribution in [0.4, 0.5) is 0 Å². The number of fused-ring (bicyclic) bond motifs is 1. The van der Waals surface area contributed by atoms with Crippen molar-refractivity contribution in [2.24, 2.45) is 7.05 Å². The first-order valence-corrected chi connectivity index (χ1v) is 6.09. The molecule has 1 N–H and O–H groups in total. The van der Waals surface area contributed by atoms with E-state index in [1.54, 1.807) is 17.1 Å². The zero-order valence-electron chi connectivity index (χ0n) is 11.1. The monoisotopic (exact) mass is 271 g/mol. The van der Waals surface area contributed by atoms with Crippen molar-refractivity contribution in [1.82, 2.24) is 24.5 Å². The van der Waals surface area contributed by atoms with Gasteiger partial charge in [0.1, 0.15) is 6.54 Å². The molecule has 3 aromatic rings. The third-order valence-corrected chi connectivity index (χ3v) is 3.11. The minimum atomic E-state index is -0.942. The number of nitrogens with zero attached hydrogens (tertiary/aromatic N) is 5. The summed E-state index contributed by atoms with van der Waals surface area (Å²) in [7, 11) is 1.85. The van der Waals surface area contributed by atoms with Crippen molar-refractivity contribution >= 4 is 17.0 Å². The number of hydrogen-bond donors (Lipinski definition) is 1. The van der Waals surface area contributed by atoms with Gasteiger partial charge < -0.3 is 5.11 Å². The molecule has 102 valence electrons. The Labute approximate surface area is 114 Å². The Morgan fingerprint density at radius 1 is 1.45 bits per heavy atom. The van der Waals surface area contributed by atoms with Gasteiger partial charge in [0.25, 0.3) is 0 Å². The highest BCUT2D eigenvalue weighted by Crippen LogP contribution is 2.29. The van der Waals surface area contributed by atoms with Gasteiger partial charge in [-0.2, -0.15) is 10.2 Å². The summed E-state index contributed by atoms with van der Waals surface area (Å²) in [5.74, 6) is -0.942. The van der Waals surface area contributed by atoms with Gasteiger partial charge in [-0.25, -0.2) is 9.67 Å². The fourth-order valence-corrected chi connectivity index (χ4v) is 2.32. The van der Waals surface area contributed by atoms with E-state index in [-0.39, 0.29) is 6.54 Å². The molecule has 0 fully saturated rings. The minimum absolute atomic E-state index is 0.201. The van der Waals surface area contributed by atoms with Gasteiger partial charge in [0.05, 0.1) is 11.9 Å². The van der Waals surface area contributed by atoms with E-state index in [0.29, 0.717) is 5.65 Å². The molecular formula is C13H13N5O2. The zero-order chi connectivity index (χ0) is 14.3. The molecule has 0 aliphatic carbocycles. The lowest BCUT2D eigenvalue weighted by atomic mass is 10.1. The Kier molecular flexibility index (Phi) is 2.74. The van der Waals surface area contributed by atoms with Crippen LogP contribution in [-0.4, -0.2) is 35.6 Å². The van der Waals surface area contributed by atoms with Crippen LogP contribution < -0.4 is 0 Å². The van der Waals surface area contributed by atoms with Gasteiger partial charge in [-0.05, 0) is 18.6 Å². The van der Waals surface area contributed by atoms with E-state index in [1.807, 2.05) is 26.2 Å². The first-order chi connectivity index (χ1) is 9.56. The number of aliphatic carboxylic acids is 1. The summed E-state index contributed by atoms with van der Waals surface area (Å²) in [5.41, 5.74) is 3.24. The lowest BCUT2D eigenvalue weighted by molar-refractivity contribution is -0.137. The molecule has 20 heavy (non-hydrogen) atoms. The van der Waals surface area contributed by atoms with Crippen molar-refractivity contribution in [3.05, 3.63) is 30.4 Å². The Bertz CT molecular complexity index is 802. The Morgan fingerprint density at radius 3 is 2.90 bits per heavy atom. The third-order valence-electron chi connectivity index (χ3n) is 3.11. The van der Waals surface area contributed by atoms with Gasteiger partial charge in [-0.1, -0.05) is 0 Å². The second kappa shape index (κ2) is 4.44. The second-order valence-corrected chi connectivity index (χ2v) is 4.60. The molecule has 0 aromatic carbocycles. The number of aryl methyl sites for hydroxylation is 2. The maximum Gasteiger partial charge on any atom is 0.325 e. The quantitative estimate of drug-likeness (QED) is 0.774. The molecule has 7 heteroatoms. The topological polar surface area (TPSA) is 85.8 Å². The van der Waals surface area contributed by atoms with Crippen molar-refractivity contribution < 1.29 is 9.90 Å². The number of carboxylic acids is 1. The van der Waals surface area contributed by atoms with Crippen LogP contribution in [0, 0.1) is 6.92 Å². The van der Waals surface area contributed by atoms with E-state index in [9.17, 15) is 4.79 Å². The smallest absolute Gasteiger partial charge is 0.325 e. The van der Waals surface area contributed by atoms with Crippen LogP contribution in [0.3, 0.4) is 0 Å². The summed E-state index contributed by atoms with van der Waals surface area (Å²) in [4.78, 5) is 15.1. The van der Waals surface area contributed by atoms with Gasteiger partial charge in [0.2, 0.25) is 0 Å². The highest BCUT2D eigenvalue weighted by Gasteiger charge is 2.15. The van der Waals surface area contributed by atoms with Crippen molar-refractivity contribution in [1.29, 1.82) is 0 Å². The number of carboxylic acid groups (broad SMARTS) is 1. The molecule has 0 amide bonds. The van der Waals surface area contributed by atoms with E-state index in [0.717, 1.165) is 22.2 Å². The van der Waals surface area contributed by atoms with E-state index in [1.165, 1.54) is 4.68 Å². The predicted molar refractivity (Wildman–Crippen MR) is 72.1 cm³/mol. The third kappa shape index (κ3) is 1.93. The first-order valence-electron chi connectivity index (χ1n) is 6.09. The molecule has 3 heterocycles. The lowest BCUT2D eigenvalue weighted by Crippen LogP contribution is -2.10. The zero-order valence-corrected chi connectivity index (χ0v) is 11.1. The number of pyridine rings is 1. The van der Waals surface area contributed by atoms with Crippen molar-refractivity contribution in [2.45, 2.75) is 13.5 Å². The van der Waals surface area contributed by atoms with Gasteiger partial charge in [-0.15, -0.1) is 0 Å². The van der Waals surface area contributed by atoms with Crippen LogP contribution in [-0.2, 0) is 18.4 Å². The van der Waals surface area contributed by atoms with E-state index in [4.69, 9.17) is 5.11 Å². The van der Waals surface area contributed by atoms with Crippen LogP contribution in [0.2, 0.25) is 0 Å². The highest BCUT2D eigenvalue weighted by molar-refractivity contribution is 5.94. The SMILES string of the molecule is Cc1nn(CC(=O)O)c2nccc(-c3cnn(C)c3)c12. The molecule has 0 saturated heterocycles. The van der Waals surface area contributed by atoms with Gasteiger partial charge in [0, 0.05) is 30.4 Å². The van der Waals surface area contributed by atoms with Crippen molar-refractivity contribution in [3.8, 4) is 11.1 Å². The molecule has 0 atom stereocenters. The highest BCUT2D eigenvalue weighted by atomic mass is 16.4. The molecule has 0 spiro atoms. The van der Waals surface area contributed by atoms with Gasteiger partial charge in [0.15, 0.2) is 5.65 Å². The van der Waals surface area contributed by atoms with Crippen LogP contribution in [0.15, 0.2) is 24.7 Å². The normalized spacial score (nSPS) is 11.1. The fraction of sp³-hybridized carbons (Fsp3) is 0.231. The van der Waals surface area contributed by atoms with Crippen molar-refractivity contribution in [2.75, 3.05) is 0 Å². The first kappa shape index (κ1) is 12.3. The molecule has 0 aliphatic rings. The summed E-state index contributed by atoms with van der Waals surface area (Å²) in [6, 6.07) is 1.89. The number of carbonyl (C=O) groups is 1. The van der Waals surface area contributed by atoms with Gasteiger partial charge >= 0.3 is 5.97 Å². The maximum atomic E-state index is 10.9. The average molecular weight is 271 g/mol. The van der Waals surface area contributed by atoms with E-state index in [2.05, 4.69) is 15.2 Å². The molecule has 7 nitrogen and oxygen atoms in total. The van der Waals surface area contributed by atoms with Gasteiger partial charge in [-0.3, -0.25) is 9.48 Å². The summed E-state index contributed by atoms with van der Waals surface area (Å²) in [6.45, 7) is 1.65. The number of hydrogen-bond acceptors (Lipinski definition) is 4. The maximum absolute atomic E-state index is 10.9. The van der Waals surface area contributed by atoms with E-state index < -0.39 is 5.97 Å². The van der Waals surface area contributed by atoms with E-state index >= 15 is 0 Å². The molecule has 0 unspecified atom stereocenters. The molecule has 0 aliphatic heterocycles. The fourth-order valence-electron chi connectivity index (χ4n) is 2.32. The number of aromatic nitrogens is 5. The summed E-state index contributed by atoms with van der Waals surface area (Å²) in [5, 5.41) is 18.2. The molecule has 3 aromatic heterocycles. The van der Waals surface area contributed by atoms with Crippen LogP contribution >= 0.6 is 0 Å². The predicted octanol–water partition coefficient (Wildman–Crippen LogP) is 1.22. The summed E-state index contributed by atoms with van der Waals surface area (Å²) < 4.78 is 3.13. The Balaban J connectivity index is 2.24. The summed E-state index contributed by atoms with van der Waals surface area (Å²) >= 11 is 0. The second-order valence-electron chi connectivity index (χ2n) is 4.60. The van der Waals surface area contributed by atoms with Crippen molar-refractivity contribution in [3.63, 3.8) is 0 Å². The molecular weight excluding hydrogens is 258 g/mol. The molecule has 3 rings (SSSR count). The number of rotatable bonds is 3.